The van der Waals surface area contributed by atoms with Gasteiger partial charge in [0.2, 0.25) is 0 Å². The van der Waals surface area contributed by atoms with Crippen molar-refractivity contribution in [3.63, 3.8) is 0 Å². The normalized spacial score (nSPS) is 20.9. The highest BCUT2D eigenvalue weighted by molar-refractivity contribution is 5.64. The molecule has 38 heavy (non-hydrogen) atoms. The van der Waals surface area contributed by atoms with E-state index in [0.717, 1.165) is 62.2 Å². The van der Waals surface area contributed by atoms with Gasteiger partial charge in [0.15, 0.2) is 5.82 Å². The van der Waals surface area contributed by atoms with Crippen molar-refractivity contribution in [2.75, 3.05) is 63.4 Å². The lowest BCUT2D eigenvalue weighted by Gasteiger charge is -2.45. The molecule has 8 heteroatoms. The molecule has 1 atom stereocenters. The van der Waals surface area contributed by atoms with E-state index in [1.54, 1.807) is 0 Å². The summed E-state index contributed by atoms with van der Waals surface area (Å²) in [4.78, 5) is 15.1. The Hall–Kier alpha value is -2.42. The molecule has 8 nitrogen and oxygen atoms in total. The van der Waals surface area contributed by atoms with Gasteiger partial charge in [0.1, 0.15) is 30.1 Å². The van der Waals surface area contributed by atoms with Crippen LogP contribution in [0.25, 0.3) is 11.4 Å². The largest absolute Gasteiger partial charge is 0.491 e. The number of aliphatic hydroxyl groups is 1. The number of benzene rings is 1. The molecule has 1 unspecified atom stereocenters. The van der Waals surface area contributed by atoms with Crippen molar-refractivity contribution in [3.05, 3.63) is 30.3 Å². The van der Waals surface area contributed by atoms with Crippen LogP contribution in [0, 0.1) is 5.41 Å². The van der Waals surface area contributed by atoms with Crippen LogP contribution in [0.2, 0.25) is 0 Å². The van der Waals surface area contributed by atoms with Crippen molar-refractivity contribution in [1.82, 2.24) is 15.3 Å². The van der Waals surface area contributed by atoms with Crippen LogP contribution in [0.3, 0.4) is 0 Å². The first kappa shape index (κ1) is 27.2. The molecule has 208 valence electrons. The number of ether oxygens (including phenoxy) is 2. The fourth-order valence-electron chi connectivity index (χ4n) is 6.38. The molecule has 3 aliphatic rings. The molecule has 2 aromatic rings. The fourth-order valence-corrected chi connectivity index (χ4v) is 6.38. The number of nitrogens with one attached hydrogen (secondary N) is 1. The van der Waals surface area contributed by atoms with Crippen LogP contribution in [-0.4, -0.2) is 80.8 Å². The predicted molar refractivity (Wildman–Crippen MR) is 152 cm³/mol. The molecule has 1 aromatic heterocycles. The van der Waals surface area contributed by atoms with E-state index in [0.29, 0.717) is 23.8 Å². The third-order valence-electron chi connectivity index (χ3n) is 8.70. The van der Waals surface area contributed by atoms with E-state index >= 15 is 0 Å². The molecule has 1 spiro atoms. The number of aromatic nitrogens is 2. The van der Waals surface area contributed by atoms with Crippen LogP contribution in [0.5, 0.6) is 5.75 Å². The first-order valence-electron chi connectivity index (χ1n) is 14.6. The Kier molecular flexibility index (Phi) is 9.02. The van der Waals surface area contributed by atoms with Crippen molar-refractivity contribution in [3.8, 4) is 17.1 Å². The summed E-state index contributed by atoms with van der Waals surface area (Å²) in [6.07, 6.45) is 10.5. The highest BCUT2D eigenvalue weighted by Gasteiger charge is 2.37. The smallest absolute Gasteiger partial charge is 0.163 e. The number of hydrogen-bond donors (Lipinski definition) is 2. The molecular formula is C30H45N5O3. The zero-order valence-corrected chi connectivity index (χ0v) is 23.2. The molecular weight excluding hydrogens is 478 g/mol. The van der Waals surface area contributed by atoms with Crippen molar-refractivity contribution in [2.45, 2.75) is 69.9 Å². The molecule has 2 aliphatic heterocycles. The highest BCUT2D eigenvalue weighted by atomic mass is 16.5. The predicted octanol–water partition coefficient (Wildman–Crippen LogP) is 4.27. The van der Waals surface area contributed by atoms with Gasteiger partial charge in [-0.1, -0.05) is 31.4 Å². The van der Waals surface area contributed by atoms with Crippen LogP contribution >= 0.6 is 0 Å². The lowest BCUT2D eigenvalue weighted by molar-refractivity contribution is 0.00746. The van der Waals surface area contributed by atoms with Gasteiger partial charge in [-0.15, -0.1) is 0 Å². The number of piperidine rings is 1. The standard InChI is InChI=1S/C30H45N5O3/c1-31-20-25(36)21-38-26-11-6-8-23(18-26)29-32-27(34(2)24-9-4-3-5-10-24)19-28(33-29)35-15-7-12-30(22-35)13-16-37-17-14-30/h6,8,11,18-19,24-25,31,36H,3-5,7,9-10,12-17,20-22H2,1-2H3. The minimum atomic E-state index is -0.560. The first-order chi connectivity index (χ1) is 18.5. The fraction of sp³-hybridized carbons (Fsp3) is 0.667. The topological polar surface area (TPSA) is 83.0 Å². The summed E-state index contributed by atoms with van der Waals surface area (Å²) < 4.78 is 11.6. The van der Waals surface area contributed by atoms with Crippen molar-refractivity contribution < 1.29 is 14.6 Å². The lowest BCUT2D eigenvalue weighted by Crippen LogP contribution is -2.46. The van der Waals surface area contributed by atoms with E-state index < -0.39 is 6.10 Å². The lowest BCUT2D eigenvalue weighted by atomic mass is 9.74. The monoisotopic (exact) mass is 523 g/mol. The summed E-state index contributed by atoms with van der Waals surface area (Å²) in [5, 5.41) is 13.0. The molecule has 1 saturated carbocycles. The molecule has 3 heterocycles. The van der Waals surface area contributed by atoms with E-state index in [9.17, 15) is 5.11 Å². The summed E-state index contributed by atoms with van der Waals surface area (Å²) in [5.74, 6) is 3.47. The maximum Gasteiger partial charge on any atom is 0.163 e. The third-order valence-corrected chi connectivity index (χ3v) is 8.70. The number of anilines is 2. The zero-order chi connectivity index (χ0) is 26.4. The van der Waals surface area contributed by atoms with Gasteiger partial charge in [-0.2, -0.15) is 0 Å². The Bertz CT molecular complexity index is 1030. The molecule has 2 saturated heterocycles. The molecule has 0 amide bonds. The number of nitrogens with zero attached hydrogens (tertiary/aromatic N) is 4. The van der Waals surface area contributed by atoms with Gasteiger partial charge >= 0.3 is 0 Å². The van der Waals surface area contributed by atoms with Crippen molar-refractivity contribution >= 4 is 11.6 Å². The quantitative estimate of drug-likeness (QED) is 0.504. The Balaban J connectivity index is 1.44. The molecule has 3 fully saturated rings. The number of likely N-dealkylation sites (N-methyl/N-ethyl adjacent to an activating group) is 1. The second-order valence-corrected chi connectivity index (χ2v) is 11.5. The van der Waals surface area contributed by atoms with E-state index in [4.69, 9.17) is 19.4 Å². The Morgan fingerprint density at radius 3 is 2.74 bits per heavy atom. The van der Waals surface area contributed by atoms with Gasteiger partial charge in [0.25, 0.3) is 0 Å². The SMILES string of the molecule is CNCC(O)COc1cccc(-c2nc(N3CCCC4(CCOCC4)C3)cc(N(C)C3CCCCC3)n2)c1. The highest BCUT2D eigenvalue weighted by Crippen LogP contribution is 2.41. The Morgan fingerprint density at radius 1 is 1.13 bits per heavy atom. The van der Waals surface area contributed by atoms with Gasteiger partial charge in [0, 0.05) is 57.6 Å². The van der Waals surface area contributed by atoms with Crippen LogP contribution in [0.15, 0.2) is 30.3 Å². The molecule has 0 bridgehead atoms. The number of hydrogen-bond acceptors (Lipinski definition) is 8. The minimum absolute atomic E-state index is 0.237. The average Bonchev–Trinajstić information content (AvgIpc) is 2.97. The molecule has 5 rings (SSSR count). The van der Waals surface area contributed by atoms with Crippen LogP contribution in [0.4, 0.5) is 11.6 Å². The average molecular weight is 524 g/mol. The molecule has 1 aromatic carbocycles. The molecule has 1 aliphatic carbocycles. The summed E-state index contributed by atoms with van der Waals surface area (Å²) in [6, 6.07) is 10.7. The van der Waals surface area contributed by atoms with Crippen LogP contribution in [0.1, 0.15) is 57.8 Å². The van der Waals surface area contributed by atoms with Gasteiger partial charge in [0.05, 0.1) is 0 Å². The summed E-state index contributed by atoms with van der Waals surface area (Å²) in [7, 11) is 4.02. The van der Waals surface area contributed by atoms with Crippen LogP contribution in [-0.2, 0) is 4.74 Å². The van der Waals surface area contributed by atoms with E-state index in [1.165, 1.54) is 44.9 Å². The maximum atomic E-state index is 10.1. The molecule has 0 radical (unpaired) electrons. The Morgan fingerprint density at radius 2 is 1.95 bits per heavy atom. The van der Waals surface area contributed by atoms with Gasteiger partial charge in [-0.25, -0.2) is 9.97 Å². The summed E-state index contributed by atoms with van der Waals surface area (Å²) in [6.45, 7) is 4.53. The first-order valence-corrected chi connectivity index (χ1v) is 14.6. The van der Waals surface area contributed by atoms with Crippen LogP contribution < -0.4 is 19.9 Å². The summed E-state index contributed by atoms with van der Waals surface area (Å²) in [5.41, 5.74) is 1.27. The van der Waals surface area contributed by atoms with E-state index in [2.05, 4.69) is 34.3 Å². The Labute approximate surface area is 227 Å². The van der Waals surface area contributed by atoms with E-state index in [-0.39, 0.29) is 6.61 Å². The van der Waals surface area contributed by atoms with Gasteiger partial charge < -0.3 is 29.7 Å². The molecule has 2 N–H and O–H groups in total. The van der Waals surface area contributed by atoms with Crippen molar-refractivity contribution in [1.29, 1.82) is 0 Å². The third kappa shape index (κ3) is 6.58. The van der Waals surface area contributed by atoms with Gasteiger partial charge in [-0.05, 0) is 63.1 Å². The number of rotatable bonds is 9. The maximum absolute atomic E-state index is 10.1. The van der Waals surface area contributed by atoms with Crippen molar-refractivity contribution in [2.24, 2.45) is 5.41 Å². The van der Waals surface area contributed by atoms with Gasteiger partial charge in [-0.3, -0.25) is 0 Å². The minimum Gasteiger partial charge on any atom is -0.491 e. The zero-order valence-electron chi connectivity index (χ0n) is 23.2. The van der Waals surface area contributed by atoms with E-state index in [1.807, 2.05) is 25.2 Å². The number of aliphatic hydroxyl groups excluding tert-OH is 1. The second kappa shape index (κ2) is 12.6. The summed E-state index contributed by atoms with van der Waals surface area (Å²) >= 11 is 0. The second-order valence-electron chi connectivity index (χ2n) is 11.5.